The molecule has 2 aromatic rings. The number of nitrogens with zero attached hydrogens (tertiary/aromatic N) is 2. The van der Waals surface area contributed by atoms with Gasteiger partial charge in [-0.25, -0.2) is 0 Å². The number of benzene rings is 2. The maximum absolute atomic E-state index is 5.73. The van der Waals surface area contributed by atoms with E-state index in [1.807, 2.05) is 12.1 Å². The highest BCUT2D eigenvalue weighted by molar-refractivity contribution is 6.03. The Morgan fingerprint density at radius 2 is 1.81 bits per heavy atom. The van der Waals surface area contributed by atoms with Crippen molar-refractivity contribution in [2.75, 3.05) is 33.4 Å². The van der Waals surface area contributed by atoms with Crippen molar-refractivity contribution >= 4 is 5.71 Å². The van der Waals surface area contributed by atoms with Gasteiger partial charge in [-0.05, 0) is 30.2 Å². The molecule has 0 N–H and O–H groups in total. The van der Waals surface area contributed by atoms with Gasteiger partial charge in [0.05, 0.1) is 18.2 Å². The minimum atomic E-state index is 0.165. The molecule has 0 saturated carbocycles. The van der Waals surface area contributed by atoms with Gasteiger partial charge in [-0.3, -0.25) is 4.90 Å². The van der Waals surface area contributed by atoms with Crippen LogP contribution in [0.15, 0.2) is 53.7 Å². The molecule has 0 bridgehead atoms. The first-order valence-electron chi connectivity index (χ1n) is 9.47. The Kier molecular flexibility index (Phi) is 5.41. The zero-order chi connectivity index (χ0) is 18.6. The average molecular weight is 366 g/mol. The smallest absolute Gasteiger partial charge is 0.149 e. The number of oxime groups is 1. The summed E-state index contributed by atoms with van der Waals surface area (Å²) in [5.74, 6) is 1.23. The van der Waals surface area contributed by atoms with E-state index in [2.05, 4.69) is 53.4 Å². The number of likely N-dealkylation sites (tertiary alicyclic amines) is 1. The molecule has 142 valence electrons. The number of methoxy groups -OCH3 is 1. The molecule has 27 heavy (non-hydrogen) atoms. The second kappa shape index (κ2) is 8.11. The van der Waals surface area contributed by atoms with Crippen LogP contribution in [0.1, 0.15) is 16.7 Å². The van der Waals surface area contributed by atoms with Gasteiger partial charge in [0.15, 0.2) is 0 Å². The minimum absolute atomic E-state index is 0.165. The third-order valence-corrected chi connectivity index (χ3v) is 5.21. The Labute approximate surface area is 160 Å². The highest BCUT2D eigenvalue weighted by Crippen LogP contribution is 2.31. The predicted octanol–water partition coefficient (Wildman–Crippen LogP) is 3.26. The molecule has 2 aliphatic rings. The summed E-state index contributed by atoms with van der Waals surface area (Å²) in [4.78, 5) is 8.17. The van der Waals surface area contributed by atoms with E-state index in [-0.39, 0.29) is 6.10 Å². The summed E-state index contributed by atoms with van der Waals surface area (Å²) in [6.07, 6.45) is 0.165. The first kappa shape index (κ1) is 18.0. The highest BCUT2D eigenvalue weighted by Gasteiger charge is 2.42. The van der Waals surface area contributed by atoms with Gasteiger partial charge >= 0.3 is 0 Å². The van der Waals surface area contributed by atoms with Crippen LogP contribution in [0.5, 0.6) is 5.75 Å². The number of aryl methyl sites for hydroxylation is 1. The summed E-state index contributed by atoms with van der Waals surface area (Å²) in [5, 5.41) is 4.37. The second-order valence-corrected chi connectivity index (χ2v) is 7.27. The van der Waals surface area contributed by atoms with Crippen molar-refractivity contribution in [1.29, 1.82) is 0 Å². The topological polar surface area (TPSA) is 43.3 Å². The Morgan fingerprint density at radius 1 is 1.04 bits per heavy atom. The van der Waals surface area contributed by atoms with E-state index in [9.17, 15) is 0 Å². The van der Waals surface area contributed by atoms with Gasteiger partial charge in [0.2, 0.25) is 0 Å². The van der Waals surface area contributed by atoms with Crippen molar-refractivity contribution in [2.24, 2.45) is 11.1 Å². The zero-order valence-corrected chi connectivity index (χ0v) is 15.9. The van der Waals surface area contributed by atoms with Crippen molar-refractivity contribution in [3.8, 4) is 5.75 Å². The van der Waals surface area contributed by atoms with E-state index in [1.165, 1.54) is 16.7 Å². The van der Waals surface area contributed by atoms with Gasteiger partial charge in [-0.2, -0.15) is 0 Å². The highest BCUT2D eigenvalue weighted by atomic mass is 16.6. The van der Waals surface area contributed by atoms with Gasteiger partial charge < -0.3 is 14.3 Å². The average Bonchev–Trinajstić information content (AvgIpc) is 3.24. The Balaban J connectivity index is 1.35. The lowest BCUT2D eigenvalue weighted by atomic mass is 9.94. The quantitative estimate of drug-likeness (QED) is 0.706. The molecule has 2 heterocycles. The van der Waals surface area contributed by atoms with Crippen molar-refractivity contribution < 1.29 is 14.3 Å². The van der Waals surface area contributed by atoms with Crippen LogP contribution >= 0.6 is 0 Å². The molecule has 5 nitrogen and oxygen atoms in total. The van der Waals surface area contributed by atoms with Gasteiger partial charge in [0.25, 0.3) is 0 Å². The number of hydrogen-bond donors (Lipinski definition) is 0. The lowest BCUT2D eigenvalue weighted by Gasteiger charge is -2.16. The van der Waals surface area contributed by atoms with Crippen molar-refractivity contribution in [3.63, 3.8) is 0 Å². The van der Waals surface area contributed by atoms with Crippen molar-refractivity contribution in [1.82, 2.24) is 4.90 Å². The lowest BCUT2D eigenvalue weighted by Crippen LogP contribution is -2.23. The molecule has 2 aromatic carbocycles. The van der Waals surface area contributed by atoms with Crippen LogP contribution in [-0.4, -0.2) is 50.1 Å². The minimum Gasteiger partial charge on any atom is -0.491 e. The molecule has 2 aliphatic heterocycles. The van der Waals surface area contributed by atoms with E-state index in [0.717, 1.165) is 31.1 Å². The number of rotatable bonds is 7. The maximum Gasteiger partial charge on any atom is 0.149 e. The third-order valence-electron chi connectivity index (χ3n) is 5.21. The molecule has 5 heteroatoms. The van der Waals surface area contributed by atoms with Crippen LogP contribution in [0.25, 0.3) is 0 Å². The fourth-order valence-electron chi connectivity index (χ4n) is 3.73. The third kappa shape index (κ3) is 4.15. The Hall–Kier alpha value is -2.37. The molecule has 2 atom stereocenters. The Bertz CT molecular complexity index is 786. The molecule has 4 rings (SSSR count). The summed E-state index contributed by atoms with van der Waals surface area (Å²) in [7, 11) is 1.68. The number of fused-ring (bicyclic) bond motifs is 1. The summed E-state index contributed by atoms with van der Waals surface area (Å²) in [5.41, 5.74) is 4.80. The predicted molar refractivity (Wildman–Crippen MR) is 105 cm³/mol. The van der Waals surface area contributed by atoms with Gasteiger partial charge in [0.1, 0.15) is 18.5 Å². The molecule has 1 fully saturated rings. The number of hydrogen-bond acceptors (Lipinski definition) is 5. The van der Waals surface area contributed by atoms with Gasteiger partial charge in [0, 0.05) is 26.7 Å². The van der Waals surface area contributed by atoms with Crippen LogP contribution in [0.4, 0.5) is 0 Å². The van der Waals surface area contributed by atoms with E-state index in [4.69, 9.17) is 14.3 Å². The summed E-state index contributed by atoms with van der Waals surface area (Å²) in [6, 6.07) is 16.9. The molecule has 0 spiro atoms. The van der Waals surface area contributed by atoms with E-state index in [1.54, 1.807) is 7.11 Å². The SMILES string of the molecule is COCCOc1ccc(CN2C[C@H]3ON=C(c4ccc(C)cc4)[C@@H]3C2)cc1. The van der Waals surface area contributed by atoms with Crippen LogP contribution in [0.2, 0.25) is 0 Å². The number of ether oxygens (including phenoxy) is 2. The molecular weight excluding hydrogens is 340 g/mol. The van der Waals surface area contributed by atoms with Crippen LogP contribution in [0.3, 0.4) is 0 Å². The largest absolute Gasteiger partial charge is 0.491 e. The normalized spacial score (nSPS) is 21.6. The first-order valence-corrected chi connectivity index (χ1v) is 9.47. The molecule has 0 radical (unpaired) electrons. The van der Waals surface area contributed by atoms with E-state index < -0.39 is 0 Å². The van der Waals surface area contributed by atoms with Crippen LogP contribution in [-0.2, 0) is 16.1 Å². The van der Waals surface area contributed by atoms with Crippen molar-refractivity contribution in [3.05, 3.63) is 65.2 Å². The van der Waals surface area contributed by atoms with Crippen molar-refractivity contribution in [2.45, 2.75) is 19.6 Å². The summed E-state index contributed by atoms with van der Waals surface area (Å²) >= 11 is 0. The summed E-state index contributed by atoms with van der Waals surface area (Å²) < 4.78 is 10.6. The zero-order valence-electron chi connectivity index (χ0n) is 15.9. The van der Waals surface area contributed by atoms with Gasteiger partial charge in [-0.1, -0.05) is 47.1 Å². The fraction of sp³-hybridized carbons (Fsp3) is 0.409. The standard InChI is InChI=1S/C22H26N2O3/c1-16-3-7-18(8-4-16)22-20-14-24(15-21(20)27-23-22)13-17-5-9-19(10-6-17)26-12-11-25-2/h3-10,20-21H,11-15H2,1-2H3/t20-,21-/m1/s1. The summed E-state index contributed by atoms with van der Waals surface area (Å²) in [6.45, 7) is 6.08. The molecule has 1 saturated heterocycles. The lowest BCUT2D eigenvalue weighted by molar-refractivity contribution is 0.0745. The molecule has 0 aromatic heterocycles. The first-order chi connectivity index (χ1) is 13.2. The second-order valence-electron chi connectivity index (χ2n) is 7.27. The molecule has 0 amide bonds. The molecule has 0 aliphatic carbocycles. The molecule has 0 unspecified atom stereocenters. The van der Waals surface area contributed by atoms with Gasteiger partial charge in [-0.15, -0.1) is 0 Å². The van der Waals surface area contributed by atoms with Crippen LogP contribution < -0.4 is 4.74 Å². The van der Waals surface area contributed by atoms with E-state index >= 15 is 0 Å². The Morgan fingerprint density at radius 3 is 2.56 bits per heavy atom. The van der Waals surface area contributed by atoms with Crippen LogP contribution in [0, 0.1) is 12.8 Å². The monoisotopic (exact) mass is 366 g/mol. The van der Waals surface area contributed by atoms with E-state index in [0.29, 0.717) is 19.1 Å². The maximum atomic E-state index is 5.73. The fourth-order valence-corrected chi connectivity index (χ4v) is 3.73. The molecular formula is C22H26N2O3.